The normalized spacial score (nSPS) is 11.2. The van der Waals surface area contributed by atoms with Gasteiger partial charge in [-0.15, -0.1) is 0 Å². The molecule has 18 heavy (non-hydrogen) atoms. The number of rotatable bonds is 7. The molecule has 98 valence electrons. The molecule has 0 aliphatic carbocycles. The molecule has 1 heterocycles. The highest BCUT2D eigenvalue weighted by molar-refractivity contribution is 8.00. The van der Waals surface area contributed by atoms with Crippen LogP contribution in [-0.4, -0.2) is 22.5 Å². The van der Waals surface area contributed by atoms with E-state index in [9.17, 15) is 0 Å². The van der Waals surface area contributed by atoms with Crippen LogP contribution in [0.1, 0.15) is 37.9 Å². The number of hydrogen-bond donors (Lipinski definition) is 1. The first-order valence-electron chi connectivity index (χ1n) is 6.30. The van der Waals surface area contributed by atoms with Gasteiger partial charge in [-0.25, -0.2) is 4.98 Å². The van der Waals surface area contributed by atoms with Gasteiger partial charge in [-0.2, -0.15) is 17.0 Å². The van der Waals surface area contributed by atoms with E-state index in [1.165, 1.54) is 0 Å². The van der Waals surface area contributed by atoms with Crippen molar-refractivity contribution in [1.82, 2.24) is 10.3 Å². The standard InChI is InChI=1S/C14H21N3S/c1-4-14(5-2,18-3)11-16-10-12-6-7-17-13(8-12)9-15/h6-8,16H,4-5,10-11H2,1-3H3. The molecular weight excluding hydrogens is 242 g/mol. The van der Waals surface area contributed by atoms with E-state index in [4.69, 9.17) is 5.26 Å². The number of pyridine rings is 1. The van der Waals surface area contributed by atoms with Crippen molar-refractivity contribution in [2.45, 2.75) is 38.0 Å². The van der Waals surface area contributed by atoms with Crippen molar-refractivity contribution >= 4 is 11.8 Å². The average molecular weight is 263 g/mol. The molecule has 1 aromatic heterocycles. The van der Waals surface area contributed by atoms with Crippen LogP contribution in [0.25, 0.3) is 0 Å². The zero-order valence-electron chi connectivity index (χ0n) is 11.4. The number of aromatic nitrogens is 1. The SMILES string of the molecule is CCC(CC)(CNCc1ccnc(C#N)c1)SC. The molecule has 0 spiro atoms. The van der Waals surface area contributed by atoms with Crippen LogP contribution in [0.5, 0.6) is 0 Å². The number of nitrogens with one attached hydrogen (secondary N) is 1. The van der Waals surface area contributed by atoms with Gasteiger partial charge in [0.1, 0.15) is 11.8 Å². The Kier molecular flexibility index (Phi) is 6.17. The Hall–Kier alpha value is -1.05. The minimum atomic E-state index is 0.324. The summed E-state index contributed by atoms with van der Waals surface area (Å²) in [6.07, 6.45) is 6.20. The lowest BCUT2D eigenvalue weighted by Crippen LogP contribution is -2.36. The Morgan fingerprint density at radius 2 is 2.17 bits per heavy atom. The predicted octanol–water partition coefficient (Wildman–Crippen LogP) is 2.96. The summed E-state index contributed by atoms with van der Waals surface area (Å²) in [5, 5.41) is 12.3. The summed E-state index contributed by atoms with van der Waals surface area (Å²) in [4.78, 5) is 3.97. The number of nitriles is 1. The summed E-state index contributed by atoms with van der Waals surface area (Å²) in [5.74, 6) is 0. The maximum absolute atomic E-state index is 8.79. The fourth-order valence-electron chi connectivity index (χ4n) is 1.94. The van der Waals surface area contributed by atoms with Crippen molar-refractivity contribution < 1.29 is 0 Å². The number of hydrogen-bond acceptors (Lipinski definition) is 4. The highest BCUT2D eigenvalue weighted by atomic mass is 32.2. The Balaban J connectivity index is 2.53. The van der Waals surface area contributed by atoms with Gasteiger partial charge in [0.25, 0.3) is 0 Å². The third-order valence-corrected chi connectivity index (χ3v) is 5.02. The van der Waals surface area contributed by atoms with Crippen molar-refractivity contribution in [3.63, 3.8) is 0 Å². The van der Waals surface area contributed by atoms with Crippen LogP contribution < -0.4 is 5.32 Å². The van der Waals surface area contributed by atoms with Crippen molar-refractivity contribution in [3.05, 3.63) is 29.6 Å². The van der Waals surface area contributed by atoms with E-state index in [1.807, 2.05) is 23.9 Å². The minimum Gasteiger partial charge on any atom is -0.311 e. The molecule has 0 atom stereocenters. The first-order valence-corrected chi connectivity index (χ1v) is 7.53. The molecule has 0 bridgehead atoms. The van der Waals surface area contributed by atoms with Gasteiger partial charge in [-0.05, 0) is 36.8 Å². The molecule has 0 fully saturated rings. The van der Waals surface area contributed by atoms with E-state index in [0.29, 0.717) is 10.4 Å². The third-order valence-electron chi connectivity index (χ3n) is 3.44. The summed E-state index contributed by atoms with van der Waals surface area (Å²) in [6, 6.07) is 5.85. The van der Waals surface area contributed by atoms with Crippen LogP contribution in [0.3, 0.4) is 0 Å². The second-order valence-electron chi connectivity index (χ2n) is 4.36. The van der Waals surface area contributed by atoms with Crippen molar-refractivity contribution in [3.8, 4) is 6.07 Å². The van der Waals surface area contributed by atoms with Gasteiger partial charge in [0.2, 0.25) is 0 Å². The molecule has 4 heteroatoms. The van der Waals surface area contributed by atoms with E-state index in [1.54, 1.807) is 6.20 Å². The van der Waals surface area contributed by atoms with Gasteiger partial charge in [-0.1, -0.05) is 13.8 Å². The quantitative estimate of drug-likeness (QED) is 0.821. The second kappa shape index (κ2) is 7.40. The van der Waals surface area contributed by atoms with Gasteiger partial charge < -0.3 is 5.32 Å². The molecule has 0 saturated heterocycles. The second-order valence-corrected chi connectivity index (χ2v) is 5.63. The largest absolute Gasteiger partial charge is 0.311 e. The monoisotopic (exact) mass is 263 g/mol. The summed E-state index contributed by atoms with van der Waals surface area (Å²) in [5.41, 5.74) is 1.60. The molecule has 1 rings (SSSR count). The summed E-state index contributed by atoms with van der Waals surface area (Å²) in [7, 11) is 0. The van der Waals surface area contributed by atoms with Crippen LogP contribution in [0, 0.1) is 11.3 Å². The lowest BCUT2D eigenvalue weighted by atomic mass is 10.0. The van der Waals surface area contributed by atoms with Crippen LogP contribution in [-0.2, 0) is 6.54 Å². The summed E-state index contributed by atoms with van der Waals surface area (Å²) in [6.45, 7) is 6.26. The number of nitrogens with zero attached hydrogens (tertiary/aromatic N) is 2. The first-order chi connectivity index (χ1) is 8.69. The third kappa shape index (κ3) is 4.01. The van der Waals surface area contributed by atoms with E-state index in [0.717, 1.165) is 31.5 Å². The average Bonchev–Trinajstić information content (AvgIpc) is 2.44. The molecule has 0 aromatic carbocycles. The van der Waals surface area contributed by atoms with Gasteiger partial charge in [0.15, 0.2) is 0 Å². The molecule has 0 radical (unpaired) electrons. The van der Waals surface area contributed by atoms with Crippen LogP contribution in [0.2, 0.25) is 0 Å². The summed E-state index contributed by atoms with van der Waals surface area (Å²) < 4.78 is 0.324. The van der Waals surface area contributed by atoms with Crippen molar-refractivity contribution in [2.24, 2.45) is 0 Å². The fraction of sp³-hybridized carbons (Fsp3) is 0.571. The van der Waals surface area contributed by atoms with E-state index < -0.39 is 0 Å². The Bertz CT molecular complexity index is 399. The van der Waals surface area contributed by atoms with E-state index in [-0.39, 0.29) is 0 Å². The molecule has 0 unspecified atom stereocenters. The van der Waals surface area contributed by atoms with Crippen LogP contribution in [0.4, 0.5) is 0 Å². The summed E-state index contributed by atoms with van der Waals surface area (Å²) >= 11 is 1.93. The van der Waals surface area contributed by atoms with Crippen molar-refractivity contribution in [1.29, 1.82) is 5.26 Å². The predicted molar refractivity (Wildman–Crippen MR) is 77.5 cm³/mol. The highest BCUT2D eigenvalue weighted by Gasteiger charge is 2.23. The topological polar surface area (TPSA) is 48.7 Å². The Morgan fingerprint density at radius 1 is 1.44 bits per heavy atom. The molecule has 1 N–H and O–H groups in total. The van der Waals surface area contributed by atoms with Gasteiger partial charge in [-0.3, -0.25) is 0 Å². The maximum atomic E-state index is 8.79. The lowest BCUT2D eigenvalue weighted by Gasteiger charge is -2.30. The van der Waals surface area contributed by atoms with E-state index >= 15 is 0 Å². The Labute approximate surface area is 114 Å². The van der Waals surface area contributed by atoms with Crippen molar-refractivity contribution in [2.75, 3.05) is 12.8 Å². The van der Waals surface area contributed by atoms with Gasteiger partial charge in [0.05, 0.1) is 0 Å². The smallest absolute Gasteiger partial charge is 0.140 e. The lowest BCUT2D eigenvalue weighted by molar-refractivity contribution is 0.495. The zero-order chi connectivity index (χ0) is 13.4. The molecule has 3 nitrogen and oxygen atoms in total. The fourth-order valence-corrected chi connectivity index (χ4v) is 2.76. The Morgan fingerprint density at radius 3 is 2.72 bits per heavy atom. The van der Waals surface area contributed by atoms with E-state index in [2.05, 4.69) is 36.5 Å². The minimum absolute atomic E-state index is 0.324. The zero-order valence-corrected chi connectivity index (χ0v) is 12.2. The first kappa shape index (κ1) is 15.0. The van der Waals surface area contributed by atoms with Gasteiger partial charge in [0, 0.05) is 24.0 Å². The van der Waals surface area contributed by atoms with Gasteiger partial charge >= 0.3 is 0 Å². The molecule has 0 amide bonds. The molecular formula is C14H21N3S. The molecule has 0 aliphatic rings. The van der Waals surface area contributed by atoms with Crippen LogP contribution >= 0.6 is 11.8 Å². The molecule has 0 aliphatic heterocycles. The van der Waals surface area contributed by atoms with Crippen LogP contribution in [0.15, 0.2) is 18.3 Å². The number of thioether (sulfide) groups is 1. The molecule has 1 aromatic rings. The maximum Gasteiger partial charge on any atom is 0.140 e. The highest BCUT2D eigenvalue weighted by Crippen LogP contribution is 2.29. The molecule has 0 saturated carbocycles.